The van der Waals surface area contributed by atoms with Crippen LogP contribution >= 0.6 is 0 Å². The van der Waals surface area contributed by atoms with Gasteiger partial charge < -0.3 is 19.0 Å². The van der Waals surface area contributed by atoms with E-state index in [4.69, 9.17) is 13.9 Å². The molecule has 2 aliphatic heterocycles. The fraction of sp³-hybridized carbons (Fsp3) is 0.692. The van der Waals surface area contributed by atoms with Crippen LogP contribution in [-0.4, -0.2) is 34.7 Å². The maximum absolute atomic E-state index is 13.0. The van der Waals surface area contributed by atoms with E-state index in [1.54, 1.807) is 18.6 Å². The average Bonchev–Trinajstić information content (AvgIpc) is 3.29. The van der Waals surface area contributed by atoms with E-state index in [9.17, 15) is 14.7 Å². The molecule has 0 amide bonds. The van der Waals surface area contributed by atoms with Gasteiger partial charge in [0.1, 0.15) is 11.7 Å². The van der Waals surface area contributed by atoms with E-state index in [1.807, 2.05) is 26.0 Å². The van der Waals surface area contributed by atoms with Crippen LogP contribution in [-0.2, 0) is 19.1 Å². The molecule has 1 N–H and O–H groups in total. The van der Waals surface area contributed by atoms with Crippen LogP contribution in [0.15, 0.2) is 35.2 Å². The maximum atomic E-state index is 13.0. The van der Waals surface area contributed by atoms with Gasteiger partial charge in [-0.05, 0) is 42.7 Å². The summed E-state index contributed by atoms with van der Waals surface area (Å²) in [6.45, 7) is 10.6. The highest BCUT2D eigenvalue weighted by atomic mass is 16.7. The van der Waals surface area contributed by atoms with Gasteiger partial charge in [0, 0.05) is 27.7 Å². The van der Waals surface area contributed by atoms with E-state index in [0.717, 1.165) is 18.4 Å². The topological polar surface area (TPSA) is 89.3 Å². The molecule has 5 aliphatic rings. The lowest BCUT2D eigenvalue weighted by Crippen LogP contribution is -2.71. The van der Waals surface area contributed by atoms with Crippen LogP contribution in [0.5, 0.6) is 0 Å². The van der Waals surface area contributed by atoms with Gasteiger partial charge in [-0.3, -0.25) is 4.79 Å². The van der Waals surface area contributed by atoms with E-state index in [-0.39, 0.29) is 29.0 Å². The van der Waals surface area contributed by atoms with Crippen molar-refractivity contribution in [3.05, 3.63) is 36.3 Å². The van der Waals surface area contributed by atoms with Crippen molar-refractivity contribution in [2.24, 2.45) is 33.5 Å². The number of aliphatic hydroxyl groups excluding tert-OH is 1. The summed E-state index contributed by atoms with van der Waals surface area (Å²) in [5.74, 6) is -0.185. The quantitative estimate of drug-likeness (QED) is 0.525. The highest BCUT2D eigenvalue weighted by Crippen LogP contribution is 2.79. The third kappa shape index (κ3) is 2.02. The van der Waals surface area contributed by atoms with Crippen LogP contribution in [0, 0.1) is 33.5 Å². The molecule has 0 radical (unpaired) electrons. The van der Waals surface area contributed by atoms with Crippen molar-refractivity contribution in [1.29, 1.82) is 0 Å². The van der Waals surface area contributed by atoms with E-state index in [2.05, 4.69) is 20.8 Å². The Morgan fingerprint density at radius 2 is 1.81 bits per heavy atom. The first-order chi connectivity index (χ1) is 14.9. The number of cyclic esters (lactones) is 1. The molecule has 1 aromatic rings. The molecule has 9 atom stereocenters. The molecule has 6 nitrogen and oxygen atoms in total. The number of hydrogen-bond acceptors (Lipinski definition) is 6. The Morgan fingerprint density at radius 1 is 1.06 bits per heavy atom. The molecule has 1 aromatic heterocycles. The Labute approximate surface area is 188 Å². The van der Waals surface area contributed by atoms with Gasteiger partial charge in [-0.15, -0.1) is 0 Å². The summed E-state index contributed by atoms with van der Waals surface area (Å²) in [6.07, 6.45) is 7.29. The number of carbonyl (C=O) groups excluding carboxylic acids is 2. The molecule has 2 saturated heterocycles. The highest BCUT2D eigenvalue weighted by Gasteiger charge is 2.87. The minimum absolute atomic E-state index is 0.124. The van der Waals surface area contributed by atoms with Crippen molar-refractivity contribution in [1.82, 2.24) is 0 Å². The van der Waals surface area contributed by atoms with Crippen LogP contribution < -0.4 is 0 Å². The zero-order valence-electron chi connectivity index (χ0n) is 19.4. The molecule has 4 fully saturated rings. The lowest BCUT2D eigenvalue weighted by molar-refractivity contribution is -0.244. The first-order valence-electron chi connectivity index (χ1n) is 11.8. The van der Waals surface area contributed by atoms with E-state index in [1.165, 1.54) is 0 Å². The normalized spacial score (nSPS) is 52.9. The largest absolute Gasteiger partial charge is 0.472 e. The molecule has 6 heteroatoms. The molecule has 2 saturated carbocycles. The summed E-state index contributed by atoms with van der Waals surface area (Å²) in [7, 11) is 0. The number of epoxide rings is 1. The van der Waals surface area contributed by atoms with Gasteiger partial charge in [-0.25, -0.2) is 4.79 Å². The molecule has 1 spiro atoms. The molecule has 32 heavy (non-hydrogen) atoms. The Balaban J connectivity index is 1.52. The predicted octanol–water partition coefficient (Wildman–Crippen LogP) is 3.99. The van der Waals surface area contributed by atoms with Crippen LogP contribution in [0.4, 0.5) is 0 Å². The number of ether oxygens (including phenoxy) is 2. The number of rotatable bonds is 1. The van der Waals surface area contributed by atoms with Crippen molar-refractivity contribution in [2.45, 2.75) is 77.8 Å². The summed E-state index contributed by atoms with van der Waals surface area (Å²) in [6, 6.07) is 1.83. The first-order valence-corrected chi connectivity index (χ1v) is 11.8. The zero-order valence-corrected chi connectivity index (χ0v) is 19.4. The Bertz CT molecular complexity index is 1040. The second-order valence-electron chi connectivity index (χ2n) is 12.1. The Morgan fingerprint density at radius 3 is 2.50 bits per heavy atom. The molecule has 3 heterocycles. The second-order valence-corrected chi connectivity index (χ2v) is 12.1. The van der Waals surface area contributed by atoms with Gasteiger partial charge in [0.05, 0.1) is 18.6 Å². The highest BCUT2D eigenvalue weighted by molar-refractivity contribution is 5.95. The molecule has 3 aliphatic carbocycles. The van der Waals surface area contributed by atoms with Crippen LogP contribution in [0.2, 0.25) is 0 Å². The molecule has 172 valence electrons. The third-order valence-corrected chi connectivity index (χ3v) is 10.4. The van der Waals surface area contributed by atoms with Crippen molar-refractivity contribution < 1.29 is 28.6 Å². The summed E-state index contributed by atoms with van der Waals surface area (Å²) < 4.78 is 17.7. The second kappa shape index (κ2) is 5.76. The zero-order chi connectivity index (χ0) is 22.9. The van der Waals surface area contributed by atoms with Gasteiger partial charge in [-0.1, -0.05) is 40.7 Å². The van der Waals surface area contributed by atoms with Crippen LogP contribution in [0.1, 0.15) is 65.5 Å². The predicted molar refractivity (Wildman–Crippen MR) is 114 cm³/mol. The molecular weight excluding hydrogens is 408 g/mol. The fourth-order valence-corrected chi connectivity index (χ4v) is 9.13. The first kappa shape index (κ1) is 20.7. The van der Waals surface area contributed by atoms with E-state index >= 15 is 0 Å². The fourth-order valence-electron chi connectivity index (χ4n) is 9.13. The Hall–Kier alpha value is -1.92. The van der Waals surface area contributed by atoms with Gasteiger partial charge >= 0.3 is 5.97 Å². The number of furan rings is 1. The molecular formula is C26H32O6. The lowest BCUT2D eigenvalue weighted by atomic mass is 9.36. The monoisotopic (exact) mass is 440 g/mol. The number of carbonyl (C=O) groups is 2. The summed E-state index contributed by atoms with van der Waals surface area (Å²) in [4.78, 5) is 25.8. The van der Waals surface area contributed by atoms with Crippen molar-refractivity contribution >= 4 is 11.8 Å². The van der Waals surface area contributed by atoms with Crippen molar-refractivity contribution in [3.8, 4) is 0 Å². The SMILES string of the molecule is CC1(C)C(=O)C=C[C@]2(C)[C@H]3[C@H](O)C[C@@]4(C)[C@H](c5ccoc5)OC(=O)[C@H]5O[C@]54[C@]3(C)CC[C@@H]12. The number of fused-ring (bicyclic) bond motifs is 3. The lowest BCUT2D eigenvalue weighted by Gasteiger charge is -2.68. The molecule has 0 unspecified atom stereocenters. The van der Waals surface area contributed by atoms with Crippen LogP contribution in [0.25, 0.3) is 0 Å². The van der Waals surface area contributed by atoms with E-state index < -0.39 is 40.2 Å². The molecule has 0 aromatic carbocycles. The summed E-state index contributed by atoms with van der Waals surface area (Å²) in [5, 5.41) is 11.8. The van der Waals surface area contributed by atoms with Crippen molar-refractivity contribution in [2.75, 3.05) is 0 Å². The van der Waals surface area contributed by atoms with Crippen LogP contribution in [0.3, 0.4) is 0 Å². The van der Waals surface area contributed by atoms with Gasteiger partial charge in [0.15, 0.2) is 11.9 Å². The van der Waals surface area contributed by atoms with Crippen molar-refractivity contribution in [3.63, 3.8) is 0 Å². The smallest absolute Gasteiger partial charge is 0.339 e. The number of hydrogen-bond donors (Lipinski definition) is 1. The minimum Gasteiger partial charge on any atom is -0.472 e. The minimum atomic E-state index is -0.714. The Kier molecular flexibility index (Phi) is 3.72. The number of ketones is 1. The third-order valence-electron chi connectivity index (χ3n) is 10.4. The number of aliphatic hydroxyl groups is 1. The maximum Gasteiger partial charge on any atom is 0.339 e. The van der Waals surface area contributed by atoms with Gasteiger partial charge in [0.25, 0.3) is 0 Å². The molecule has 6 rings (SSSR count). The van der Waals surface area contributed by atoms with Gasteiger partial charge in [-0.2, -0.15) is 0 Å². The van der Waals surface area contributed by atoms with Gasteiger partial charge in [0.2, 0.25) is 0 Å². The number of allylic oxidation sites excluding steroid dienone is 2. The standard InChI is InChI=1S/C26H32O6/c1-22(2)16-6-10-24(4)18(23(16,3)9-7-17(22)28)15(27)12-25(5)19(14-8-11-30-13-14)31-21(29)20-26(24,25)32-20/h7-9,11,13,15-16,18-20,27H,6,10,12H2,1-5H3/t15-,16+,18-,19+,20-,23+,24-,25+,26+/m1/s1. The summed E-state index contributed by atoms with van der Waals surface area (Å²) >= 11 is 0. The molecule has 0 bridgehead atoms. The van der Waals surface area contributed by atoms with E-state index in [0.29, 0.717) is 6.42 Å². The summed E-state index contributed by atoms with van der Waals surface area (Å²) in [5.41, 5.74) is -1.81. The number of esters is 1. The average molecular weight is 441 g/mol.